The Balaban J connectivity index is 1.62. The number of carbonyl (C=O) groups excluding carboxylic acids is 2. The van der Waals surface area contributed by atoms with Gasteiger partial charge in [-0.15, -0.1) is 0 Å². The first-order chi connectivity index (χ1) is 13.9. The number of hydrogen-bond donors (Lipinski definition) is 1. The average Bonchev–Trinajstić information content (AvgIpc) is 3.16. The number of nitriles is 1. The van der Waals surface area contributed by atoms with Crippen molar-refractivity contribution in [1.82, 2.24) is 0 Å². The number of nitrogens with zero attached hydrogens (tertiary/aromatic N) is 1. The van der Waals surface area contributed by atoms with Crippen LogP contribution in [0, 0.1) is 11.3 Å². The zero-order valence-electron chi connectivity index (χ0n) is 14.5. The summed E-state index contributed by atoms with van der Waals surface area (Å²) in [6.07, 6.45) is 1.32. The van der Waals surface area contributed by atoms with Gasteiger partial charge in [-0.05, 0) is 35.9 Å². The third kappa shape index (κ3) is 5.12. The van der Waals surface area contributed by atoms with Gasteiger partial charge in [-0.3, -0.25) is 4.79 Å². The summed E-state index contributed by atoms with van der Waals surface area (Å²) in [5.74, 6) is -0.553. The Hall–Kier alpha value is -2.92. The second-order valence-corrected chi connectivity index (χ2v) is 6.87. The van der Waals surface area contributed by atoms with Crippen molar-refractivity contribution >= 4 is 58.4 Å². The second-order valence-electron chi connectivity index (χ2n) is 5.65. The number of ether oxygens (including phenoxy) is 3. The van der Waals surface area contributed by atoms with Crippen molar-refractivity contribution in [3.63, 3.8) is 0 Å². The standard InChI is InChI=1S/C19H11Cl3N2O5/c20-12-5-14(22)15(6-13(12)21)24-18(25)8-27-19(26)11(7-23)3-10-1-2-16-17(4-10)29-9-28-16/h1-6H,8-9H2,(H,24,25). The molecule has 1 heterocycles. The van der Waals surface area contributed by atoms with Crippen LogP contribution in [0.1, 0.15) is 5.56 Å². The molecule has 3 rings (SSSR count). The summed E-state index contributed by atoms with van der Waals surface area (Å²) in [4.78, 5) is 24.1. The first-order valence-corrected chi connectivity index (χ1v) is 9.13. The van der Waals surface area contributed by atoms with E-state index in [2.05, 4.69) is 5.32 Å². The summed E-state index contributed by atoms with van der Waals surface area (Å²) >= 11 is 17.7. The maximum absolute atomic E-state index is 12.1. The lowest BCUT2D eigenvalue weighted by Crippen LogP contribution is -2.21. The third-order valence-electron chi connectivity index (χ3n) is 3.67. The topological polar surface area (TPSA) is 97.7 Å². The maximum Gasteiger partial charge on any atom is 0.349 e. The van der Waals surface area contributed by atoms with Gasteiger partial charge in [-0.25, -0.2) is 4.79 Å². The van der Waals surface area contributed by atoms with Crippen LogP contribution < -0.4 is 14.8 Å². The number of hydrogen-bond acceptors (Lipinski definition) is 6. The molecule has 0 radical (unpaired) electrons. The Morgan fingerprint density at radius 3 is 2.59 bits per heavy atom. The van der Waals surface area contributed by atoms with Gasteiger partial charge >= 0.3 is 5.97 Å². The van der Waals surface area contributed by atoms with Crippen LogP contribution in [0.25, 0.3) is 6.08 Å². The molecule has 1 amide bonds. The van der Waals surface area contributed by atoms with Crippen molar-refractivity contribution < 1.29 is 23.8 Å². The molecule has 0 saturated heterocycles. The number of nitrogens with one attached hydrogen (secondary N) is 1. The lowest BCUT2D eigenvalue weighted by molar-refractivity contribution is -0.142. The summed E-state index contributed by atoms with van der Waals surface area (Å²) in [6, 6.07) is 9.40. The van der Waals surface area contributed by atoms with E-state index in [4.69, 9.17) is 49.0 Å². The predicted octanol–water partition coefficient (Wildman–Crippen LogP) is 4.46. The molecule has 0 spiro atoms. The van der Waals surface area contributed by atoms with E-state index in [9.17, 15) is 14.9 Å². The fraction of sp³-hybridized carbons (Fsp3) is 0.105. The van der Waals surface area contributed by atoms with Gasteiger partial charge in [0.25, 0.3) is 5.91 Å². The van der Waals surface area contributed by atoms with Crippen LogP contribution in [0.15, 0.2) is 35.9 Å². The van der Waals surface area contributed by atoms with Crippen LogP contribution in [0.3, 0.4) is 0 Å². The highest BCUT2D eigenvalue weighted by molar-refractivity contribution is 6.44. The van der Waals surface area contributed by atoms with Gasteiger partial charge in [0.2, 0.25) is 6.79 Å². The van der Waals surface area contributed by atoms with Crippen molar-refractivity contribution in [3.05, 3.63) is 56.5 Å². The molecule has 29 heavy (non-hydrogen) atoms. The van der Waals surface area contributed by atoms with Gasteiger partial charge < -0.3 is 19.5 Å². The van der Waals surface area contributed by atoms with E-state index >= 15 is 0 Å². The van der Waals surface area contributed by atoms with E-state index in [-0.39, 0.29) is 33.1 Å². The maximum atomic E-state index is 12.1. The zero-order chi connectivity index (χ0) is 21.0. The molecule has 1 N–H and O–H groups in total. The molecule has 7 nitrogen and oxygen atoms in total. The predicted molar refractivity (Wildman–Crippen MR) is 107 cm³/mol. The summed E-state index contributed by atoms with van der Waals surface area (Å²) < 4.78 is 15.3. The third-order valence-corrected chi connectivity index (χ3v) is 4.70. The van der Waals surface area contributed by atoms with E-state index in [0.29, 0.717) is 17.1 Å². The first-order valence-electron chi connectivity index (χ1n) is 8.00. The van der Waals surface area contributed by atoms with E-state index in [1.165, 1.54) is 18.2 Å². The molecule has 0 bridgehead atoms. The zero-order valence-corrected chi connectivity index (χ0v) is 16.8. The number of anilines is 1. The highest BCUT2D eigenvalue weighted by Crippen LogP contribution is 2.33. The van der Waals surface area contributed by atoms with Gasteiger partial charge in [-0.2, -0.15) is 5.26 Å². The first kappa shape index (κ1) is 20.8. The van der Waals surface area contributed by atoms with E-state index < -0.39 is 18.5 Å². The minimum absolute atomic E-state index is 0.105. The minimum atomic E-state index is -0.958. The monoisotopic (exact) mass is 452 g/mol. The molecule has 2 aromatic rings. The van der Waals surface area contributed by atoms with E-state index in [1.807, 2.05) is 0 Å². The van der Waals surface area contributed by atoms with Crippen LogP contribution in [0.5, 0.6) is 11.5 Å². The highest BCUT2D eigenvalue weighted by Gasteiger charge is 2.17. The van der Waals surface area contributed by atoms with Crippen molar-refractivity contribution in [2.75, 3.05) is 18.7 Å². The summed E-state index contributed by atoms with van der Waals surface area (Å²) in [7, 11) is 0. The molecule has 148 valence electrons. The average molecular weight is 454 g/mol. The largest absolute Gasteiger partial charge is 0.454 e. The molecule has 1 aliphatic rings. The molecule has 0 saturated carbocycles. The smallest absolute Gasteiger partial charge is 0.349 e. The van der Waals surface area contributed by atoms with Crippen molar-refractivity contribution in [1.29, 1.82) is 5.26 Å². The van der Waals surface area contributed by atoms with Crippen LogP contribution in [0.4, 0.5) is 5.69 Å². The van der Waals surface area contributed by atoms with Crippen molar-refractivity contribution in [2.45, 2.75) is 0 Å². The molecule has 0 aliphatic carbocycles. The molecule has 0 unspecified atom stereocenters. The molecule has 10 heteroatoms. The van der Waals surface area contributed by atoms with Crippen LogP contribution in [-0.2, 0) is 14.3 Å². The minimum Gasteiger partial charge on any atom is -0.454 e. The number of amides is 1. The van der Waals surface area contributed by atoms with Crippen LogP contribution in [-0.4, -0.2) is 25.3 Å². The number of esters is 1. The molecule has 0 aromatic heterocycles. The molecular formula is C19H11Cl3N2O5. The second kappa shape index (κ2) is 9.05. The van der Waals surface area contributed by atoms with Crippen molar-refractivity contribution in [3.8, 4) is 17.6 Å². The Labute approximate surface area is 180 Å². The fourth-order valence-corrected chi connectivity index (χ4v) is 2.91. The van der Waals surface area contributed by atoms with Gasteiger partial charge in [0.1, 0.15) is 11.6 Å². The Bertz CT molecular complexity index is 1060. The Morgan fingerprint density at radius 2 is 1.83 bits per heavy atom. The molecule has 1 aliphatic heterocycles. The summed E-state index contributed by atoms with van der Waals surface area (Å²) in [5.41, 5.74) is 0.456. The van der Waals surface area contributed by atoms with Gasteiger partial charge in [0.15, 0.2) is 18.1 Å². The molecule has 0 atom stereocenters. The summed E-state index contributed by atoms with van der Waals surface area (Å²) in [5, 5.41) is 12.3. The van der Waals surface area contributed by atoms with Gasteiger partial charge in [0, 0.05) is 0 Å². The number of rotatable bonds is 5. The number of benzene rings is 2. The Kier molecular flexibility index (Phi) is 6.49. The van der Waals surface area contributed by atoms with Crippen LogP contribution >= 0.6 is 34.8 Å². The van der Waals surface area contributed by atoms with Crippen LogP contribution in [0.2, 0.25) is 15.1 Å². The number of fused-ring (bicyclic) bond motifs is 1. The molecular weight excluding hydrogens is 443 g/mol. The highest BCUT2D eigenvalue weighted by atomic mass is 35.5. The lowest BCUT2D eigenvalue weighted by atomic mass is 10.1. The van der Waals surface area contributed by atoms with Gasteiger partial charge in [0.05, 0.1) is 20.8 Å². The van der Waals surface area contributed by atoms with E-state index in [1.54, 1.807) is 24.3 Å². The fourth-order valence-electron chi connectivity index (χ4n) is 2.32. The number of halogens is 3. The van der Waals surface area contributed by atoms with Gasteiger partial charge in [-0.1, -0.05) is 40.9 Å². The molecule has 2 aromatic carbocycles. The van der Waals surface area contributed by atoms with E-state index in [0.717, 1.165) is 0 Å². The van der Waals surface area contributed by atoms with Crippen molar-refractivity contribution in [2.24, 2.45) is 0 Å². The molecule has 0 fully saturated rings. The Morgan fingerprint density at radius 1 is 1.10 bits per heavy atom. The number of carbonyl (C=O) groups is 2. The normalized spacial score (nSPS) is 12.3. The lowest BCUT2D eigenvalue weighted by Gasteiger charge is -2.09. The summed E-state index contributed by atoms with van der Waals surface area (Å²) in [6.45, 7) is -0.525. The quantitative estimate of drug-likeness (QED) is 0.311. The SMILES string of the molecule is N#CC(=Cc1ccc2c(c1)OCO2)C(=O)OCC(=O)Nc1cc(Cl)c(Cl)cc1Cl.